The van der Waals surface area contributed by atoms with E-state index in [4.69, 9.17) is 4.74 Å². The Morgan fingerprint density at radius 1 is 1.29 bits per heavy atom. The zero-order valence-corrected chi connectivity index (χ0v) is 9.76. The number of unbranched alkanes of at least 4 members (excludes halogenated alkanes) is 1. The molecule has 2 heteroatoms. The quantitative estimate of drug-likeness (QED) is 0.726. The van der Waals surface area contributed by atoms with Crippen LogP contribution in [0.3, 0.4) is 0 Å². The van der Waals surface area contributed by atoms with E-state index < -0.39 is 0 Å². The molecule has 0 unspecified atom stereocenters. The van der Waals surface area contributed by atoms with Crippen LogP contribution in [0.4, 0.5) is 0 Å². The largest absolute Gasteiger partial charge is 0.377 e. The van der Waals surface area contributed by atoms with Gasteiger partial charge in [-0.1, -0.05) is 31.9 Å². The van der Waals surface area contributed by atoms with Gasteiger partial charge < -0.3 is 4.74 Å². The fraction of sp³-hybridized carbons (Fsp3) is 0.500. The topological polar surface area (TPSA) is 9.23 Å². The minimum Gasteiger partial charge on any atom is -0.377 e. The third kappa shape index (κ3) is 3.35. The van der Waals surface area contributed by atoms with Crippen LogP contribution in [-0.2, 0) is 4.74 Å². The zero-order valence-electron chi connectivity index (χ0n) is 8.86. The molecule has 0 aliphatic heterocycles. The van der Waals surface area contributed by atoms with Crippen LogP contribution in [0.25, 0.3) is 0 Å². The van der Waals surface area contributed by atoms with E-state index in [0.29, 0.717) is 0 Å². The molecule has 1 aromatic carbocycles. The van der Waals surface area contributed by atoms with Gasteiger partial charge in [-0.3, -0.25) is 0 Å². The molecule has 0 fully saturated rings. The molecule has 1 rings (SSSR count). The van der Waals surface area contributed by atoms with Crippen LogP contribution >= 0.6 is 12.6 Å². The molecule has 1 atom stereocenters. The van der Waals surface area contributed by atoms with Gasteiger partial charge in [0.1, 0.15) is 0 Å². The Hall–Kier alpha value is -0.470. The van der Waals surface area contributed by atoms with E-state index in [2.05, 4.69) is 31.7 Å². The molecule has 78 valence electrons. The van der Waals surface area contributed by atoms with Crippen LogP contribution in [0.1, 0.15) is 37.9 Å². The molecule has 0 amide bonds. The lowest BCUT2D eigenvalue weighted by atomic mass is 10.0. The summed E-state index contributed by atoms with van der Waals surface area (Å²) >= 11 is 4.26. The second-order valence-electron chi connectivity index (χ2n) is 3.46. The Morgan fingerprint density at radius 3 is 2.43 bits per heavy atom. The fourth-order valence-electron chi connectivity index (χ4n) is 1.50. The number of thiol groups is 1. The summed E-state index contributed by atoms with van der Waals surface area (Å²) in [5.74, 6) is 0. The zero-order chi connectivity index (χ0) is 10.4. The second-order valence-corrected chi connectivity index (χ2v) is 3.97. The van der Waals surface area contributed by atoms with Gasteiger partial charge in [0.25, 0.3) is 0 Å². The number of methoxy groups -OCH3 is 1. The van der Waals surface area contributed by atoms with Gasteiger partial charge in [0, 0.05) is 12.0 Å². The van der Waals surface area contributed by atoms with Crippen molar-refractivity contribution < 1.29 is 4.74 Å². The predicted octanol–water partition coefficient (Wildman–Crippen LogP) is 3.85. The van der Waals surface area contributed by atoms with Gasteiger partial charge in [0.2, 0.25) is 0 Å². The summed E-state index contributed by atoms with van der Waals surface area (Å²) in [7, 11) is 1.77. The molecule has 1 aromatic rings. The van der Waals surface area contributed by atoms with Gasteiger partial charge in [-0.15, -0.1) is 12.6 Å². The molecule has 0 heterocycles. The highest BCUT2D eigenvalue weighted by Gasteiger charge is 2.08. The average molecular weight is 210 g/mol. The van der Waals surface area contributed by atoms with Crippen molar-refractivity contribution in [2.45, 2.75) is 37.2 Å². The maximum atomic E-state index is 5.45. The normalized spacial score (nSPS) is 12.8. The van der Waals surface area contributed by atoms with Crippen molar-refractivity contribution in [2.24, 2.45) is 0 Å². The second kappa shape index (κ2) is 6.10. The summed E-state index contributed by atoms with van der Waals surface area (Å²) in [4.78, 5) is 0.999. The first kappa shape index (κ1) is 11.6. The van der Waals surface area contributed by atoms with Crippen LogP contribution in [0.15, 0.2) is 29.2 Å². The molecule has 14 heavy (non-hydrogen) atoms. The SMILES string of the molecule is CCCC[C@H](OC)c1ccc(S)cc1. The van der Waals surface area contributed by atoms with Crippen LogP contribution < -0.4 is 0 Å². The van der Waals surface area contributed by atoms with Gasteiger partial charge >= 0.3 is 0 Å². The standard InChI is InChI=1S/C12H18OS/c1-3-4-5-12(13-2)10-6-8-11(14)9-7-10/h6-9,12,14H,3-5H2,1-2H3/t12-/m0/s1. The Labute approximate surface area is 91.9 Å². The van der Waals surface area contributed by atoms with Crippen molar-refractivity contribution >= 4 is 12.6 Å². The lowest BCUT2D eigenvalue weighted by molar-refractivity contribution is 0.0936. The third-order valence-electron chi connectivity index (χ3n) is 2.37. The van der Waals surface area contributed by atoms with Crippen molar-refractivity contribution in [3.05, 3.63) is 29.8 Å². The molecule has 0 aliphatic rings. The van der Waals surface area contributed by atoms with E-state index in [9.17, 15) is 0 Å². The first-order valence-electron chi connectivity index (χ1n) is 5.09. The van der Waals surface area contributed by atoms with Crippen molar-refractivity contribution in [2.75, 3.05) is 7.11 Å². The third-order valence-corrected chi connectivity index (χ3v) is 2.67. The maximum absolute atomic E-state index is 5.45. The summed E-state index contributed by atoms with van der Waals surface area (Å²) in [5.41, 5.74) is 1.25. The molecule has 0 spiro atoms. The van der Waals surface area contributed by atoms with Gasteiger partial charge in [-0.25, -0.2) is 0 Å². The van der Waals surface area contributed by atoms with Crippen molar-refractivity contribution in [3.63, 3.8) is 0 Å². The van der Waals surface area contributed by atoms with Crippen LogP contribution in [0.5, 0.6) is 0 Å². The number of ether oxygens (including phenoxy) is 1. The van der Waals surface area contributed by atoms with Crippen LogP contribution in [-0.4, -0.2) is 7.11 Å². The van der Waals surface area contributed by atoms with E-state index in [1.165, 1.54) is 18.4 Å². The van der Waals surface area contributed by atoms with E-state index in [1.807, 2.05) is 12.1 Å². The lowest BCUT2D eigenvalue weighted by Crippen LogP contribution is -2.00. The monoisotopic (exact) mass is 210 g/mol. The first-order valence-corrected chi connectivity index (χ1v) is 5.54. The summed E-state index contributed by atoms with van der Waals surface area (Å²) in [6.45, 7) is 2.20. The molecule has 0 radical (unpaired) electrons. The highest BCUT2D eigenvalue weighted by Crippen LogP contribution is 2.23. The Kier molecular flexibility index (Phi) is 5.05. The number of hydrogen-bond donors (Lipinski definition) is 1. The van der Waals surface area contributed by atoms with E-state index in [-0.39, 0.29) is 6.10 Å². The highest BCUT2D eigenvalue weighted by molar-refractivity contribution is 7.80. The number of rotatable bonds is 5. The van der Waals surface area contributed by atoms with Crippen molar-refractivity contribution in [1.29, 1.82) is 0 Å². The molecule has 0 saturated heterocycles. The van der Waals surface area contributed by atoms with Gasteiger partial charge in [0.15, 0.2) is 0 Å². The predicted molar refractivity (Wildman–Crippen MR) is 63.0 cm³/mol. The molecule has 0 N–H and O–H groups in total. The molecule has 0 saturated carbocycles. The number of hydrogen-bond acceptors (Lipinski definition) is 2. The molecule has 1 nitrogen and oxygen atoms in total. The Morgan fingerprint density at radius 2 is 1.93 bits per heavy atom. The van der Waals surface area contributed by atoms with E-state index >= 15 is 0 Å². The van der Waals surface area contributed by atoms with Crippen molar-refractivity contribution in [1.82, 2.24) is 0 Å². The molecular formula is C12H18OS. The molecule has 0 aromatic heterocycles. The summed E-state index contributed by atoms with van der Waals surface area (Å²) in [6.07, 6.45) is 3.76. The fourth-order valence-corrected chi connectivity index (χ4v) is 1.65. The Bertz CT molecular complexity index is 256. The van der Waals surface area contributed by atoms with E-state index in [0.717, 1.165) is 11.3 Å². The van der Waals surface area contributed by atoms with Gasteiger partial charge in [0.05, 0.1) is 6.10 Å². The average Bonchev–Trinajstić information content (AvgIpc) is 2.21. The number of benzene rings is 1. The van der Waals surface area contributed by atoms with Gasteiger partial charge in [-0.2, -0.15) is 0 Å². The lowest BCUT2D eigenvalue weighted by Gasteiger charge is -2.15. The van der Waals surface area contributed by atoms with Crippen LogP contribution in [0.2, 0.25) is 0 Å². The molecular weight excluding hydrogens is 192 g/mol. The smallest absolute Gasteiger partial charge is 0.0821 e. The summed E-state index contributed by atoms with van der Waals surface area (Å²) < 4.78 is 5.45. The molecule has 0 bridgehead atoms. The van der Waals surface area contributed by atoms with Crippen molar-refractivity contribution in [3.8, 4) is 0 Å². The summed E-state index contributed by atoms with van der Waals surface area (Å²) in [5, 5.41) is 0. The molecule has 0 aliphatic carbocycles. The Balaban J connectivity index is 2.64. The van der Waals surface area contributed by atoms with E-state index in [1.54, 1.807) is 7.11 Å². The minimum absolute atomic E-state index is 0.240. The van der Waals surface area contributed by atoms with Gasteiger partial charge in [-0.05, 0) is 24.1 Å². The first-order chi connectivity index (χ1) is 6.77. The minimum atomic E-state index is 0.240. The highest BCUT2D eigenvalue weighted by atomic mass is 32.1. The maximum Gasteiger partial charge on any atom is 0.0821 e. The van der Waals surface area contributed by atoms with Crippen LogP contribution in [0, 0.1) is 0 Å². The summed E-state index contributed by atoms with van der Waals surface area (Å²) in [6, 6.07) is 8.20.